The number of thioether (sulfide) groups is 1. The van der Waals surface area contributed by atoms with Gasteiger partial charge in [-0.05, 0) is 35.9 Å². The zero-order valence-electron chi connectivity index (χ0n) is 14.5. The third-order valence-corrected chi connectivity index (χ3v) is 4.63. The fourth-order valence-electron chi connectivity index (χ4n) is 2.39. The lowest BCUT2D eigenvalue weighted by Gasteiger charge is -2.09. The van der Waals surface area contributed by atoms with E-state index in [9.17, 15) is 18.0 Å². The zero-order valence-corrected chi connectivity index (χ0v) is 15.3. The molecule has 1 amide bonds. The van der Waals surface area contributed by atoms with Crippen LogP contribution in [0.15, 0.2) is 66.1 Å². The Hall–Kier alpha value is -2.94. The SMILES string of the molecule is O=C(CSc1nccn1-c1cccc(F)c1)NCc1ccc(OC(F)F)cc1. The summed E-state index contributed by atoms with van der Waals surface area (Å²) in [6, 6.07) is 12.1. The predicted octanol–water partition coefficient (Wildman–Crippen LogP) is 4.02. The molecule has 3 aromatic rings. The van der Waals surface area contributed by atoms with Crippen molar-refractivity contribution in [2.24, 2.45) is 0 Å². The van der Waals surface area contributed by atoms with E-state index in [-0.39, 0.29) is 29.8 Å². The van der Waals surface area contributed by atoms with Gasteiger partial charge in [-0.3, -0.25) is 9.36 Å². The molecule has 0 unspecified atom stereocenters. The highest BCUT2D eigenvalue weighted by Gasteiger charge is 2.10. The standard InChI is InChI=1S/C19H16F3N3O2S/c20-14-2-1-3-15(10-14)25-9-8-23-19(25)28-12-17(26)24-11-13-4-6-16(7-5-13)27-18(21)22/h1-10,18H,11-12H2,(H,24,26). The summed E-state index contributed by atoms with van der Waals surface area (Å²) in [5.41, 5.74) is 1.37. The first kappa shape index (κ1) is 19.8. The molecule has 5 nitrogen and oxygen atoms in total. The van der Waals surface area contributed by atoms with Gasteiger partial charge in [0.2, 0.25) is 5.91 Å². The van der Waals surface area contributed by atoms with Crippen LogP contribution in [0.1, 0.15) is 5.56 Å². The molecule has 0 radical (unpaired) electrons. The largest absolute Gasteiger partial charge is 0.435 e. The summed E-state index contributed by atoms with van der Waals surface area (Å²) < 4.78 is 43.6. The van der Waals surface area contributed by atoms with Crippen molar-refractivity contribution < 1.29 is 22.7 Å². The maximum atomic E-state index is 13.4. The molecule has 0 bridgehead atoms. The molecule has 2 aromatic carbocycles. The monoisotopic (exact) mass is 407 g/mol. The average molecular weight is 407 g/mol. The van der Waals surface area contributed by atoms with E-state index in [0.717, 1.165) is 5.56 Å². The third kappa shape index (κ3) is 5.53. The Labute approximate surface area is 163 Å². The number of amides is 1. The summed E-state index contributed by atoms with van der Waals surface area (Å²) in [4.78, 5) is 16.3. The van der Waals surface area contributed by atoms with Crippen molar-refractivity contribution in [2.75, 3.05) is 5.75 Å². The van der Waals surface area contributed by atoms with Gasteiger partial charge in [-0.1, -0.05) is 30.0 Å². The lowest BCUT2D eigenvalue weighted by atomic mass is 10.2. The zero-order chi connectivity index (χ0) is 19.9. The lowest BCUT2D eigenvalue weighted by molar-refractivity contribution is -0.118. The number of halogens is 3. The Kier molecular flexibility index (Phi) is 6.59. The van der Waals surface area contributed by atoms with Gasteiger partial charge in [0.15, 0.2) is 5.16 Å². The van der Waals surface area contributed by atoms with Crippen LogP contribution < -0.4 is 10.1 Å². The van der Waals surface area contributed by atoms with Gasteiger partial charge in [-0.2, -0.15) is 8.78 Å². The number of alkyl halides is 2. The number of carbonyl (C=O) groups excluding carboxylic acids is 1. The Morgan fingerprint density at radius 1 is 1.21 bits per heavy atom. The predicted molar refractivity (Wildman–Crippen MR) is 99.2 cm³/mol. The molecular formula is C19H16F3N3O2S. The number of ether oxygens (including phenoxy) is 1. The summed E-state index contributed by atoms with van der Waals surface area (Å²) in [5, 5.41) is 3.31. The number of rotatable bonds is 8. The molecule has 0 saturated heterocycles. The van der Waals surface area contributed by atoms with Crippen LogP contribution >= 0.6 is 11.8 Å². The first-order valence-corrected chi connectivity index (χ1v) is 9.22. The first-order chi connectivity index (χ1) is 13.5. The van der Waals surface area contributed by atoms with Gasteiger partial charge in [0.25, 0.3) is 0 Å². The smallest absolute Gasteiger partial charge is 0.387 e. The molecule has 0 aliphatic heterocycles. The highest BCUT2D eigenvalue weighted by atomic mass is 32.2. The van der Waals surface area contributed by atoms with E-state index in [1.807, 2.05) is 0 Å². The number of nitrogens with zero attached hydrogens (tertiary/aromatic N) is 2. The summed E-state index contributed by atoms with van der Waals surface area (Å²) >= 11 is 1.22. The second-order valence-corrected chi connectivity index (χ2v) is 6.59. The summed E-state index contributed by atoms with van der Waals surface area (Å²) in [7, 11) is 0. The number of hydrogen-bond acceptors (Lipinski definition) is 4. The van der Waals surface area contributed by atoms with E-state index in [1.54, 1.807) is 41.2 Å². The number of imidazole rings is 1. The lowest BCUT2D eigenvalue weighted by Crippen LogP contribution is -2.24. The molecule has 28 heavy (non-hydrogen) atoms. The Morgan fingerprint density at radius 2 is 2.00 bits per heavy atom. The van der Waals surface area contributed by atoms with Gasteiger partial charge in [-0.25, -0.2) is 9.37 Å². The first-order valence-electron chi connectivity index (χ1n) is 8.24. The molecular weight excluding hydrogens is 391 g/mol. The Balaban J connectivity index is 1.51. The van der Waals surface area contributed by atoms with E-state index >= 15 is 0 Å². The molecule has 0 aliphatic rings. The number of aromatic nitrogens is 2. The molecule has 0 fully saturated rings. The van der Waals surface area contributed by atoms with Crippen LogP contribution in [0.2, 0.25) is 0 Å². The molecule has 1 aromatic heterocycles. The maximum Gasteiger partial charge on any atom is 0.387 e. The summed E-state index contributed by atoms with van der Waals surface area (Å²) in [6.45, 7) is -2.62. The van der Waals surface area contributed by atoms with Crippen LogP contribution in [-0.2, 0) is 11.3 Å². The van der Waals surface area contributed by atoms with E-state index < -0.39 is 6.61 Å². The normalized spacial score (nSPS) is 10.9. The Bertz CT molecular complexity index is 932. The van der Waals surface area contributed by atoms with Gasteiger partial charge in [0.1, 0.15) is 11.6 Å². The molecule has 0 atom stereocenters. The highest BCUT2D eigenvalue weighted by molar-refractivity contribution is 7.99. The van der Waals surface area contributed by atoms with Crippen molar-refractivity contribution in [3.63, 3.8) is 0 Å². The van der Waals surface area contributed by atoms with Gasteiger partial charge in [0.05, 0.1) is 11.4 Å². The van der Waals surface area contributed by atoms with Crippen molar-refractivity contribution in [3.05, 3.63) is 72.3 Å². The van der Waals surface area contributed by atoms with Crippen LogP contribution in [0.25, 0.3) is 5.69 Å². The minimum absolute atomic E-state index is 0.0600. The average Bonchev–Trinajstić information content (AvgIpc) is 3.14. The fraction of sp³-hybridized carbons (Fsp3) is 0.158. The fourth-order valence-corrected chi connectivity index (χ4v) is 3.19. The minimum Gasteiger partial charge on any atom is -0.435 e. The van der Waals surface area contributed by atoms with Crippen molar-refractivity contribution in [1.29, 1.82) is 0 Å². The van der Waals surface area contributed by atoms with Crippen LogP contribution in [0.3, 0.4) is 0 Å². The number of benzene rings is 2. The second-order valence-electron chi connectivity index (χ2n) is 5.65. The molecule has 0 saturated carbocycles. The van der Waals surface area contributed by atoms with Crippen molar-refractivity contribution in [3.8, 4) is 11.4 Å². The quantitative estimate of drug-likeness (QED) is 0.573. The molecule has 3 rings (SSSR count). The summed E-state index contributed by atoms with van der Waals surface area (Å²) in [5.74, 6) is -0.389. The van der Waals surface area contributed by atoms with Crippen LogP contribution in [0.5, 0.6) is 5.75 Å². The molecule has 1 heterocycles. The third-order valence-electron chi connectivity index (χ3n) is 3.66. The van der Waals surface area contributed by atoms with Crippen LogP contribution in [0, 0.1) is 5.82 Å². The highest BCUT2D eigenvalue weighted by Crippen LogP contribution is 2.21. The molecule has 0 spiro atoms. The van der Waals surface area contributed by atoms with Gasteiger partial charge < -0.3 is 10.1 Å². The van der Waals surface area contributed by atoms with Gasteiger partial charge >= 0.3 is 6.61 Å². The van der Waals surface area contributed by atoms with Crippen LogP contribution in [-0.4, -0.2) is 27.8 Å². The molecule has 0 aliphatic carbocycles. The topological polar surface area (TPSA) is 56.2 Å². The summed E-state index contributed by atoms with van der Waals surface area (Å²) in [6.07, 6.45) is 3.27. The van der Waals surface area contributed by atoms with Crippen molar-refractivity contribution in [2.45, 2.75) is 18.3 Å². The van der Waals surface area contributed by atoms with E-state index in [2.05, 4.69) is 15.0 Å². The van der Waals surface area contributed by atoms with E-state index in [4.69, 9.17) is 0 Å². The van der Waals surface area contributed by atoms with Gasteiger partial charge in [0, 0.05) is 18.9 Å². The molecule has 1 N–H and O–H groups in total. The van der Waals surface area contributed by atoms with Gasteiger partial charge in [-0.15, -0.1) is 0 Å². The Morgan fingerprint density at radius 3 is 2.71 bits per heavy atom. The number of hydrogen-bond donors (Lipinski definition) is 1. The van der Waals surface area contributed by atoms with Crippen molar-refractivity contribution >= 4 is 17.7 Å². The molecule has 9 heteroatoms. The minimum atomic E-state index is -2.87. The maximum absolute atomic E-state index is 13.4. The number of nitrogens with one attached hydrogen (secondary N) is 1. The second kappa shape index (κ2) is 9.32. The van der Waals surface area contributed by atoms with Crippen molar-refractivity contribution in [1.82, 2.24) is 14.9 Å². The van der Waals surface area contributed by atoms with E-state index in [0.29, 0.717) is 10.8 Å². The number of carbonyl (C=O) groups is 1. The van der Waals surface area contributed by atoms with E-state index in [1.165, 1.54) is 36.0 Å². The molecule has 146 valence electrons. The van der Waals surface area contributed by atoms with Crippen LogP contribution in [0.4, 0.5) is 13.2 Å².